The fourth-order valence-electron chi connectivity index (χ4n) is 10.8. The highest BCUT2D eigenvalue weighted by molar-refractivity contribution is 6.13. The molecule has 0 N–H and O–H groups in total. The van der Waals surface area contributed by atoms with Gasteiger partial charge in [-0.05, 0) is 149 Å². The summed E-state index contributed by atoms with van der Waals surface area (Å²) in [5.74, 6) is 0.510. The Morgan fingerprint density at radius 2 is 0.778 bits per heavy atom. The Bertz CT molecular complexity index is 4010. The van der Waals surface area contributed by atoms with Crippen LogP contribution in [-0.2, 0) is 6.18 Å². The molecule has 4 nitrogen and oxygen atoms in total. The first-order valence-corrected chi connectivity index (χ1v) is 24.0. The van der Waals surface area contributed by atoms with Gasteiger partial charge in [0.1, 0.15) is 5.82 Å². The van der Waals surface area contributed by atoms with Crippen molar-refractivity contribution < 1.29 is 13.2 Å². The average Bonchev–Trinajstić information content (AvgIpc) is 3.89. The predicted octanol–water partition coefficient (Wildman–Crippen LogP) is 17.7. The van der Waals surface area contributed by atoms with E-state index in [4.69, 9.17) is 4.98 Å². The molecule has 0 radical (unpaired) electrons. The molecular formula is C65H45F3N4. The number of pyridine rings is 1. The quantitative estimate of drug-likeness (QED) is 0.160. The minimum atomic E-state index is -4.72. The number of aryl methyl sites for hydroxylation is 4. The van der Waals surface area contributed by atoms with Crippen molar-refractivity contribution in [3.05, 3.63) is 234 Å². The summed E-state index contributed by atoms with van der Waals surface area (Å²) in [6, 6.07) is 66.5. The van der Waals surface area contributed by atoms with Gasteiger partial charge >= 0.3 is 6.18 Å². The molecule has 0 saturated carbocycles. The van der Waals surface area contributed by atoms with Crippen molar-refractivity contribution in [1.29, 1.82) is 5.26 Å². The predicted molar refractivity (Wildman–Crippen MR) is 289 cm³/mol. The highest BCUT2D eigenvalue weighted by Crippen LogP contribution is 2.44. The van der Waals surface area contributed by atoms with Crippen molar-refractivity contribution in [3.8, 4) is 73.2 Å². The summed E-state index contributed by atoms with van der Waals surface area (Å²) in [6.45, 7) is 8.38. The van der Waals surface area contributed by atoms with E-state index in [0.29, 0.717) is 17.1 Å². The number of alkyl halides is 3. The van der Waals surface area contributed by atoms with Gasteiger partial charge in [0.2, 0.25) is 0 Å². The second-order valence-corrected chi connectivity index (χ2v) is 18.8. The molecule has 3 aromatic heterocycles. The lowest BCUT2D eigenvalue weighted by atomic mass is 9.98. The second-order valence-electron chi connectivity index (χ2n) is 18.8. The van der Waals surface area contributed by atoms with Gasteiger partial charge in [0.25, 0.3) is 0 Å². The lowest BCUT2D eigenvalue weighted by Gasteiger charge is -2.18. The number of aromatic nitrogens is 3. The Labute approximate surface area is 415 Å². The maximum absolute atomic E-state index is 15.0. The third-order valence-electron chi connectivity index (χ3n) is 14.4. The monoisotopic (exact) mass is 938 g/mol. The molecule has 3 heterocycles. The molecule has 0 aliphatic rings. The first kappa shape index (κ1) is 44.2. The smallest absolute Gasteiger partial charge is 0.307 e. The topological polar surface area (TPSA) is 46.5 Å². The lowest BCUT2D eigenvalue weighted by molar-refractivity contribution is -0.137. The number of hydrogen-bond acceptors (Lipinski definition) is 2. The van der Waals surface area contributed by atoms with Crippen LogP contribution in [0.15, 0.2) is 200 Å². The van der Waals surface area contributed by atoms with E-state index in [1.54, 1.807) is 12.3 Å². The molecule has 0 amide bonds. The molecule has 9 aromatic carbocycles. The Hall–Kier alpha value is -8.99. The van der Waals surface area contributed by atoms with Crippen LogP contribution in [0.5, 0.6) is 0 Å². The minimum absolute atomic E-state index is 0.0994. The van der Waals surface area contributed by atoms with Crippen LogP contribution < -0.4 is 0 Å². The SMILES string of the molecule is Cc1ccccc1-c1ccc2c3ccc(-c4ccccc4C)cc3n(-c3cc(-c4cc(C#N)cc(C(F)(F)F)c4)c(-n4c5cc(-c6ccccc6C)ccc5c5ccc(-c6ccccc6C)cc54)cn3)c2c1. The zero-order chi connectivity index (χ0) is 49.4. The molecule has 0 spiro atoms. The van der Waals surface area contributed by atoms with Crippen molar-refractivity contribution >= 4 is 43.6 Å². The van der Waals surface area contributed by atoms with Crippen LogP contribution in [0, 0.1) is 39.0 Å². The van der Waals surface area contributed by atoms with E-state index < -0.39 is 11.7 Å². The summed E-state index contributed by atoms with van der Waals surface area (Å²) in [7, 11) is 0. The molecule has 0 aliphatic heterocycles. The number of halogens is 3. The molecule has 12 aromatic rings. The van der Waals surface area contributed by atoms with Crippen LogP contribution in [0.1, 0.15) is 33.4 Å². The van der Waals surface area contributed by atoms with Crippen LogP contribution in [0.4, 0.5) is 13.2 Å². The highest BCUT2D eigenvalue weighted by Gasteiger charge is 2.32. The Morgan fingerprint density at radius 1 is 0.403 bits per heavy atom. The Balaban J connectivity index is 1.21. The number of fused-ring (bicyclic) bond motifs is 6. The fourth-order valence-corrected chi connectivity index (χ4v) is 10.8. The van der Waals surface area contributed by atoms with Gasteiger partial charge in [-0.3, -0.25) is 4.57 Å². The standard InChI is InChI=1S/C65H45F3N4/c1-39-13-5-9-17-50(39)44-21-25-54-55-26-22-45(51-18-10-6-14-40(51)2)33-60(55)71(59(54)32-44)63-38-70-64(36-58(63)48-29-43(37-69)30-49(31-48)65(66,67)68)72-61-34-46(52-19-11-7-15-41(52)3)23-27-56(61)57-28-24-47(35-62(57)72)53-20-12-8-16-42(53)4/h5-36,38H,1-4H3. The third kappa shape index (κ3) is 7.43. The zero-order valence-corrected chi connectivity index (χ0v) is 40.0. The summed E-state index contributed by atoms with van der Waals surface area (Å²) in [5, 5.41) is 14.3. The maximum atomic E-state index is 15.0. The van der Waals surface area contributed by atoms with Crippen molar-refractivity contribution in [3.63, 3.8) is 0 Å². The minimum Gasteiger partial charge on any atom is -0.307 e. The summed E-state index contributed by atoms with van der Waals surface area (Å²) in [4.78, 5) is 5.38. The number of hydrogen-bond donors (Lipinski definition) is 0. The van der Waals surface area contributed by atoms with Gasteiger partial charge < -0.3 is 4.57 Å². The Kier molecular flexibility index (Phi) is 10.5. The van der Waals surface area contributed by atoms with Crippen LogP contribution in [-0.4, -0.2) is 14.1 Å². The van der Waals surface area contributed by atoms with Crippen LogP contribution in [0.25, 0.3) is 111 Å². The number of nitriles is 1. The van der Waals surface area contributed by atoms with E-state index in [1.165, 1.54) is 0 Å². The fraction of sp³-hybridized carbons (Fsp3) is 0.0769. The molecule has 7 heteroatoms. The van der Waals surface area contributed by atoms with Gasteiger partial charge in [0, 0.05) is 27.1 Å². The van der Waals surface area contributed by atoms with Crippen LogP contribution >= 0.6 is 0 Å². The van der Waals surface area contributed by atoms with Gasteiger partial charge in [-0.1, -0.05) is 146 Å². The van der Waals surface area contributed by atoms with Gasteiger partial charge in [-0.2, -0.15) is 18.4 Å². The molecular weight excluding hydrogens is 894 g/mol. The van der Waals surface area contributed by atoms with E-state index in [2.05, 4.69) is 158 Å². The number of rotatable bonds is 7. The van der Waals surface area contributed by atoms with Crippen molar-refractivity contribution in [2.24, 2.45) is 0 Å². The highest BCUT2D eigenvalue weighted by atomic mass is 19.4. The molecule has 0 aliphatic carbocycles. The van der Waals surface area contributed by atoms with Gasteiger partial charge in [0.05, 0.1) is 51.1 Å². The van der Waals surface area contributed by atoms with Gasteiger partial charge in [-0.15, -0.1) is 0 Å². The normalized spacial score (nSPS) is 11.8. The van der Waals surface area contributed by atoms with E-state index in [-0.39, 0.29) is 11.1 Å². The van der Waals surface area contributed by atoms with E-state index in [0.717, 1.165) is 123 Å². The van der Waals surface area contributed by atoms with E-state index in [1.807, 2.05) is 60.7 Å². The first-order valence-electron chi connectivity index (χ1n) is 24.0. The number of benzene rings is 9. The second kappa shape index (κ2) is 17.2. The van der Waals surface area contributed by atoms with Gasteiger partial charge in [0.15, 0.2) is 0 Å². The van der Waals surface area contributed by atoms with E-state index in [9.17, 15) is 18.4 Å². The van der Waals surface area contributed by atoms with Crippen LogP contribution in [0.3, 0.4) is 0 Å². The third-order valence-corrected chi connectivity index (χ3v) is 14.4. The Morgan fingerprint density at radius 3 is 1.14 bits per heavy atom. The van der Waals surface area contributed by atoms with Crippen molar-refractivity contribution in [1.82, 2.24) is 14.1 Å². The molecule has 72 heavy (non-hydrogen) atoms. The van der Waals surface area contributed by atoms with Gasteiger partial charge in [-0.25, -0.2) is 4.98 Å². The van der Waals surface area contributed by atoms with Crippen LogP contribution in [0.2, 0.25) is 0 Å². The average molecular weight is 939 g/mol. The first-order chi connectivity index (χ1) is 34.9. The molecule has 0 atom stereocenters. The maximum Gasteiger partial charge on any atom is 0.416 e. The molecule has 0 unspecified atom stereocenters. The molecule has 346 valence electrons. The summed E-state index contributed by atoms with van der Waals surface area (Å²) < 4.78 is 49.3. The lowest BCUT2D eigenvalue weighted by Crippen LogP contribution is -2.07. The van der Waals surface area contributed by atoms with E-state index >= 15 is 0 Å². The van der Waals surface area contributed by atoms with Crippen molar-refractivity contribution in [2.75, 3.05) is 0 Å². The molecule has 0 saturated heterocycles. The van der Waals surface area contributed by atoms with Crippen molar-refractivity contribution in [2.45, 2.75) is 33.9 Å². The summed E-state index contributed by atoms with van der Waals surface area (Å²) >= 11 is 0. The molecule has 12 rings (SSSR count). The largest absolute Gasteiger partial charge is 0.416 e. The zero-order valence-electron chi connectivity index (χ0n) is 40.0. The molecule has 0 bridgehead atoms. The summed E-state index contributed by atoms with van der Waals surface area (Å²) in [5.41, 5.74) is 16.6. The summed E-state index contributed by atoms with van der Waals surface area (Å²) in [6.07, 6.45) is -2.93. The number of nitrogens with zero attached hydrogens (tertiary/aromatic N) is 4. The molecule has 0 fully saturated rings.